The van der Waals surface area contributed by atoms with E-state index in [1.54, 1.807) is 18.4 Å². The van der Waals surface area contributed by atoms with Crippen molar-refractivity contribution < 1.29 is 4.74 Å². The fraction of sp³-hybridized carbons (Fsp3) is 0.500. The van der Waals surface area contributed by atoms with E-state index in [9.17, 15) is 0 Å². The Morgan fingerprint density at radius 2 is 2.00 bits per heavy atom. The van der Waals surface area contributed by atoms with E-state index in [1.807, 2.05) is 6.07 Å². The minimum absolute atomic E-state index is 0.388. The van der Waals surface area contributed by atoms with Crippen LogP contribution in [0.15, 0.2) is 17.5 Å². The summed E-state index contributed by atoms with van der Waals surface area (Å²) in [4.78, 5) is 10.5. The first-order valence-electron chi connectivity index (χ1n) is 7.22. The summed E-state index contributed by atoms with van der Waals surface area (Å²) in [6.45, 7) is 8.88. The number of nitrogens with one attached hydrogen (secondary N) is 1. The van der Waals surface area contributed by atoms with Gasteiger partial charge in [0.05, 0.1) is 11.5 Å². The molecule has 0 aliphatic heterocycles. The van der Waals surface area contributed by atoms with Crippen molar-refractivity contribution in [3.8, 4) is 10.7 Å². The third-order valence-corrected chi connectivity index (χ3v) is 4.36. The molecule has 2 rings (SSSR count). The summed E-state index contributed by atoms with van der Waals surface area (Å²) in [6, 6.07) is 4.10. The van der Waals surface area contributed by atoms with E-state index in [0.29, 0.717) is 5.92 Å². The van der Waals surface area contributed by atoms with Crippen molar-refractivity contribution in [2.45, 2.75) is 26.7 Å². The van der Waals surface area contributed by atoms with Gasteiger partial charge in [-0.25, -0.2) is 9.97 Å². The quantitative estimate of drug-likeness (QED) is 0.798. The summed E-state index contributed by atoms with van der Waals surface area (Å²) in [5.74, 6) is 1.22. The van der Waals surface area contributed by atoms with Crippen LogP contribution in [0, 0.1) is 13.8 Å². The van der Waals surface area contributed by atoms with E-state index in [0.717, 1.165) is 41.8 Å². The Kier molecular flexibility index (Phi) is 5.85. The molecule has 114 valence electrons. The van der Waals surface area contributed by atoms with E-state index in [1.165, 1.54) is 5.56 Å². The molecule has 4 nitrogen and oxygen atoms in total. The lowest BCUT2D eigenvalue weighted by atomic mass is 9.98. The van der Waals surface area contributed by atoms with Crippen molar-refractivity contribution in [2.24, 2.45) is 0 Å². The highest BCUT2D eigenvalue weighted by Gasteiger charge is 2.15. The lowest BCUT2D eigenvalue weighted by molar-refractivity contribution is 0.199. The van der Waals surface area contributed by atoms with Crippen LogP contribution in [0.3, 0.4) is 0 Å². The van der Waals surface area contributed by atoms with Crippen LogP contribution in [0.2, 0.25) is 0 Å². The molecule has 0 aliphatic carbocycles. The first kappa shape index (κ1) is 16.1. The Hall–Kier alpha value is -1.30. The molecule has 1 unspecified atom stereocenters. The molecule has 21 heavy (non-hydrogen) atoms. The molecule has 2 heterocycles. The third kappa shape index (κ3) is 4.09. The fourth-order valence-electron chi connectivity index (χ4n) is 2.55. The van der Waals surface area contributed by atoms with Crippen molar-refractivity contribution in [1.82, 2.24) is 15.3 Å². The van der Waals surface area contributed by atoms with Crippen molar-refractivity contribution in [3.63, 3.8) is 0 Å². The molecule has 0 fully saturated rings. The summed E-state index contributed by atoms with van der Waals surface area (Å²) in [5, 5.41) is 5.46. The first-order valence-corrected chi connectivity index (χ1v) is 8.10. The molecule has 0 saturated heterocycles. The molecule has 1 atom stereocenters. The predicted molar refractivity (Wildman–Crippen MR) is 88.0 cm³/mol. The van der Waals surface area contributed by atoms with Crippen LogP contribution in [0.1, 0.15) is 29.8 Å². The van der Waals surface area contributed by atoms with Crippen LogP contribution in [0.4, 0.5) is 0 Å². The number of hydrogen-bond donors (Lipinski definition) is 1. The van der Waals surface area contributed by atoms with E-state index in [4.69, 9.17) is 4.74 Å². The lowest BCUT2D eigenvalue weighted by Gasteiger charge is -2.17. The van der Waals surface area contributed by atoms with Crippen LogP contribution >= 0.6 is 11.3 Å². The van der Waals surface area contributed by atoms with E-state index < -0.39 is 0 Å². The smallest absolute Gasteiger partial charge is 0.169 e. The Morgan fingerprint density at radius 3 is 2.57 bits per heavy atom. The van der Waals surface area contributed by atoms with E-state index in [2.05, 4.69) is 47.5 Å². The monoisotopic (exact) mass is 305 g/mol. The summed E-state index contributed by atoms with van der Waals surface area (Å²) in [5.41, 5.74) is 3.40. The van der Waals surface area contributed by atoms with Gasteiger partial charge >= 0.3 is 0 Å². The molecule has 0 saturated carbocycles. The molecule has 0 spiro atoms. The Bertz CT molecular complexity index is 546. The topological polar surface area (TPSA) is 47.0 Å². The number of hydrogen-bond acceptors (Lipinski definition) is 5. The Labute approximate surface area is 130 Å². The van der Waals surface area contributed by atoms with Gasteiger partial charge in [-0.05, 0) is 36.8 Å². The zero-order valence-electron chi connectivity index (χ0n) is 13.1. The molecule has 2 aromatic heterocycles. The Morgan fingerprint density at radius 1 is 1.29 bits per heavy atom. The zero-order chi connectivity index (χ0) is 15.2. The fourth-order valence-corrected chi connectivity index (χ4v) is 3.21. The summed E-state index contributed by atoms with van der Waals surface area (Å²) < 4.78 is 5.05. The Balaban J connectivity index is 2.13. The van der Waals surface area contributed by atoms with E-state index >= 15 is 0 Å². The zero-order valence-corrected chi connectivity index (χ0v) is 14.0. The maximum absolute atomic E-state index is 5.05. The molecular weight excluding hydrogens is 282 g/mol. The first-order chi connectivity index (χ1) is 10.1. The number of rotatable bonds is 7. The normalized spacial score (nSPS) is 12.6. The summed E-state index contributed by atoms with van der Waals surface area (Å²) >= 11 is 1.68. The molecule has 0 bridgehead atoms. The minimum Gasteiger partial charge on any atom is -0.383 e. The highest BCUT2D eigenvalue weighted by atomic mass is 32.1. The average molecular weight is 305 g/mol. The molecular formula is C16H23N3OS. The van der Waals surface area contributed by atoms with Crippen molar-refractivity contribution in [2.75, 3.05) is 26.8 Å². The van der Waals surface area contributed by atoms with Crippen LogP contribution in [0.25, 0.3) is 10.7 Å². The number of aromatic nitrogens is 2. The maximum atomic E-state index is 5.05. The van der Waals surface area contributed by atoms with Gasteiger partial charge in [0, 0.05) is 31.6 Å². The second-order valence-corrected chi connectivity index (χ2v) is 6.15. The average Bonchev–Trinajstić information content (AvgIpc) is 2.97. The predicted octanol–water partition coefficient (Wildman–Crippen LogP) is 3.16. The van der Waals surface area contributed by atoms with E-state index in [-0.39, 0.29) is 0 Å². The molecule has 2 aromatic rings. The van der Waals surface area contributed by atoms with Gasteiger partial charge in [-0.15, -0.1) is 11.3 Å². The van der Waals surface area contributed by atoms with Crippen molar-refractivity contribution in [3.05, 3.63) is 34.5 Å². The SMILES string of the molecule is COCCNCC(C)c1c(C)nc(-c2cccs2)nc1C. The number of methoxy groups -OCH3 is 1. The standard InChI is InChI=1S/C16H23N3OS/c1-11(10-17-7-8-20-4)15-12(2)18-16(19-13(15)3)14-6-5-9-21-14/h5-6,9,11,17H,7-8,10H2,1-4H3. The highest BCUT2D eigenvalue weighted by molar-refractivity contribution is 7.13. The van der Waals surface area contributed by atoms with Crippen LogP contribution in [-0.2, 0) is 4.74 Å². The minimum atomic E-state index is 0.388. The third-order valence-electron chi connectivity index (χ3n) is 3.49. The van der Waals surface area contributed by atoms with Gasteiger partial charge in [-0.2, -0.15) is 0 Å². The lowest BCUT2D eigenvalue weighted by Crippen LogP contribution is -2.25. The van der Waals surface area contributed by atoms with Crippen molar-refractivity contribution in [1.29, 1.82) is 0 Å². The molecule has 0 aromatic carbocycles. The van der Waals surface area contributed by atoms with Gasteiger partial charge in [0.1, 0.15) is 0 Å². The van der Waals surface area contributed by atoms with Gasteiger partial charge in [0.15, 0.2) is 5.82 Å². The van der Waals surface area contributed by atoms with Gasteiger partial charge in [-0.1, -0.05) is 13.0 Å². The van der Waals surface area contributed by atoms with Gasteiger partial charge in [-0.3, -0.25) is 0 Å². The van der Waals surface area contributed by atoms with Gasteiger partial charge < -0.3 is 10.1 Å². The molecule has 0 radical (unpaired) electrons. The van der Waals surface area contributed by atoms with Gasteiger partial charge in [0.25, 0.3) is 0 Å². The molecule has 5 heteroatoms. The largest absolute Gasteiger partial charge is 0.383 e. The molecule has 0 aliphatic rings. The number of thiophene rings is 1. The van der Waals surface area contributed by atoms with Crippen molar-refractivity contribution >= 4 is 11.3 Å². The summed E-state index contributed by atoms with van der Waals surface area (Å²) in [7, 11) is 1.72. The van der Waals surface area contributed by atoms with Gasteiger partial charge in [0.2, 0.25) is 0 Å². The number of ether oxygens (including phenoxy) is 1. The van der Waals surface area contributed by atoms with Crippen LogP contribution in [-0.4, -0.2) is 36.8 Å². The number of aryl methyl sites for hydroxylation is 2. The summed E-state index contributed by atoms with van der Waals surface area (Å²) in [6.07, 6.45) is 0. The second-order valence-electron chi connectivity index (χ2n) is 5.21. The van der Waals surface area contributed by atoms with Crippen LogP contribution < -0.4 is 5.32 Å². The highest BCUT2D eigenvalue weighted by Crippen LogP contribution is 2.26. The van der Waals surface area contributed by atoms with Crippen LogP contribution in [0.5, 0.6) is 0 Å². The second kappa shape index (κ2) is 7.64. The number of nitrogens with zero attached hydrogens (tertiary/aromatic N) is 2. The maximum Gasteiger partial charge on any atom is 0.169 e. The molecule has 0 amide bonds. The molecule has 1 N–H and O–H groups in total.